The van der Waals surface area contributed by atoms with Crippen LogP contribution in [0.2, 0.25) is 10.2 Å². The predicted molar refractivity (Wildman–Crippen MR) is 95.0 cm³/mol. The molecule has 23 heavy (non-hydrogen) atoms. The van der Waals surface area contributed by atoms with Gasteiger partial charge in [0.15, 0.2) is 5.82 Å². The van der Waals surface area contributed by atoms with Crippen molar-refractivity contribution in [2.45, 2.75) is 39.2 Å². The van der Waals surface area contributed by atoms with Crippen molar-refractivity contribution in [2.75, 3.05) is 5.32 Å². The topological polar surface area (TPSA) is 46.9 Å². The maximum Gasteiger partial charge on any atom is 0.294 e. The Morgan fingerprint density at radius 1 is 1.39 bits per heavy atom. The SMILES string of the molecule is CC[C@H](C1CC1)n1cc(Cl)nc(Nc2c(C)cccc2Cl)c1=O. The zero-order chi connectivity index (χ0) is 16.6. The highest BCUT2D eigenvalue weighted by Gasteiger charge is 2.32. The van der Waals surface area contributed by atoms with E-state index in [1.165, 1.54) is 0 Å². The molecular formula is C17H19Cl2N3O. The van der Waals surface area contributed by atoms with Crippen LogP contribution in [0.25, 0.3) is 0 Å². The molecule has 1 N–H and O–H groups in total. The van der Waals surface area contributed by atoms with Crippen LogP contribution >= 0.6 is 23.2 Å². The van der Waals surface area contributed by atoms with E-state index in [0.29, 0.717) is 21.8 Å². The van der Waals surface area contributed by atoms with Gasteiger partial charge in [-0.1, -0.05) is 42.3 Å². The number of aryl methyl sites for hydroxylation is 1. The van der Waals surface area contributed by atoms with Crippen molar-refractivity contribution < 1.29 is 0 Å². The Kier molecular flexibility index (Phi) is 4.64. The molecular weight excluding hydrogens is 333 g/mol. The Morgan fingerprint density at radius 3 is 2.74 bits per heavy atom. The van der Waals surface area contributed by atoms with Crippen LogP contribution in [0.15, 0.2) is 29.2 Å². The number of hydrogen-bond acceptors (Lipinski definition) is 3. The number of hydrogen-bond donors (Lipinski definition) is 1. The van der Waals surface area contributed by atoms with E-state index in [9.17, 15) is 4.79 Å². The van der Waals surface area contributed by atoms with Crippen molar-refractivity contribution in [1.29, 1.82) is 0 Å². The monoisotopic (exact) mass is 351 g/mol. The van der Waals surface area contributed by atoms with Crippen LogP contribution in [0.5, 0.6) is 0 Å². The number of halogens is 2. The van der Waals surface area contributed by atoms with Crippen molar-refractivity contribution >= 4 is 34.7 Å². The Bertz CT molecular complexity index is 764. The molecule has 1 atom stereocenters. The number of anilines is 2. The third kappa shape index (κ3) is 3.38. The van der Waals surface area contributed by atoms with E-state index in [2.05, 4.69) is 17.2 Å². The van der Waals surface area contributed by atoms with Crippen molar-refractivity contribution in [1.82, 2.24) is 9.55 Å². The smallest absolute Gasteiger partial charge is 0.294 e. The first-order valence-corrected chi connectivity index (χ1v) is 8.57. The average Bonchev–Trinajstić information content (AvgIpc) is 3.33. The highest BCUT2D eigenvalue weighted by atomic mass is 35.5. The number of benzene rings is 1. The second-order valence-corrected chi connectivity index (χ2v) is 6.79. The van der Waals surface area contributed by atoms with Crippen LogP contribution in [0.3, 0.4) is 0 Å². The minimum Gasteiger partial charge on any atom is -0.334 e. The summed E-state index contributed by atoms with van der Waals surface area (Å²) in [7, 11) is 0. The van der Waals surface area contributed by atoms with E-state index in [-0.39, 0.29) is 17.4 Å². The fraction of sp³-hybridized carbons (Fsp3) is 0.412. The zero-order valence-electron chi connectivity index (χ0n) is 13.1. The van der Waals surface area contributed by atoms with Gasteiger partial charge < -0.3 is 9.88 Å². The molecule has 6 heteroatoms. The summed E-state index contributed by atoms with van der Waals surface area (Å²) in [5.74, 6) is 0.777. The normalized spacial score (nSPS) is 15.5. The lowest BCUT2D eigenvalue weighted by Crippen LogP contribution is -2.28. The third-order valence-electron chi connectivity index (χ3n) is 4.31. The Balaban J connectivity index is 2.03. The number of rotatable bonds is 5. The molecule has 0 radical (unpaired) electrons. The van der Waals surface area contributed by atoms with E-state index in [1.807, 2.05) is 19.1 Å². The van der Waals surface area contributed by atoms with Crippen molar-refractivity contribution in [2.24, 2.45) is 5.92 Å². The van der Waals surface area contributed by atoms with Crippen LogP contribution < -0.4 is 10.9 Å². The van der Waals surface area contributed by atoms with Crippen LogP contribution in [0, 0.1) is 12.8 Å². The molecule has 1 aliphatic carbocycles. The lowest BCUT2D eigenvalue weighted by Gasteiger charge is -2.19. The van der Waals surface area contributed by atoms with Gasteiger partial charge in [-0.15, -0.1) is 0 Å². The zero-order valence-corrected chi connectivity index (χ0v) is 14.7. The Labute approximate surface area is 145 Å². The van der Waals surface area contributed by atoms with Gasteiger partial charge in [-0.3, -0.25) is 4.79 Å². The maximum atomic E-state index is 12.8. The first-order valence-electron chi connectivity index (χ1n) is 7.82. The summed E-state index contributed by atoms with van der Waals surface area (Å²) in [4.78, 5) is 17.0. The van der Waals surface area contributed by atoms with Gasteiger partial charge >= 0.3 is 0 Å². The quantitative estimate of drug-likeness (QED) is 0.827. The summed E-state index contributed by atoms with van der Waals surface area (Å²) in [6, 6.07) is 5.75. The van der Waals surface area contributed by atoms with E-state index >= 15 is 0 Å². The molecule has 0 aliphatic heterocycles. The second-order valence-electron chi connectivity index (χ2n) is 5.99. The van der Waals surface area contributed by atoms with Crippen LogP contribution in [-0.2, 0) is 0 Å². The molecule has 4 nitrogen and oxygen atoms in total. The molecule has 0 unspecified atom stereocenters. The van der Waals surface area contributed by atoms with Gasteiger partial charge in [-0.05, 0) is 43.7 Å². The standard InChI is InChI=1S/C17H19Cl2N3O/c1-3-13(11-7-8-11)22-9-14(19)20-16(17(22)23)21-15-10(2)5-4-6-12(15)18/h4-6,9,11,13H,3,7-8H2,1-2H3,(H,20,21)/t13-/m1/s1. The summed E-state index contributed by atoms with van der Waals surface area (Å²) in [6.07, 6.45) is 4.87. The number of nitrogens with zero attached hydrogens (tertiary/aromatic N) is 2. The lowest BCUT2D eigenvalue weighted by molar-refractivity contribution is 0.419. The first-order chi connectivity index (χ1) is 11.0. The predicted octanol–water partition coefficient (Wildman–Crippen LogP) is 4.96. The molecule has 3 rings (SSSR count). The van der Waals surface area contributed by atoms with Crippen molar-refractivity contribution in [3.05, 3.63) is 50.5 Å². The molecule has 1 aromatic heterocycles. The lowest BCUT2D eigenvalue weighted by atomic mass is 10.1. The van der Waals surface area contributed by atoms with E-state index < -0.39 is 0 Å². The van der Waals surface area contributed by atoms with E-state index in [4.69, 9.17) is 23.2 Å². The van der Waals surface area contributed by atoms with Gasteiger partial charge in [0, 0.05) is 12.2 Å². The molecule has 1 heterocycles. The maximum absolute atomic E-state index is 12.8. The van der Waals surface area contributed by atoms with Gasteiger partial charge in [0.2, 0.25) is 0 Å². The molecule has 0 saturated heterocycles. The molecule has 1 aromatic carbocycles. The number of aromatic nitrogens is 2. The molecule has 2 aromatic rings. The fourth-order valence-corrected chi connectivity index (χ4v) is 3.41. The summed E-state index contributed by atoms with van der Waals surface area (Å²) in [5, 5.41) is 3.92. The molecule has 122 valence electrons. The van der Waals surface area contributed by atoms with Crippen molar-refractivity contribution in [3.63, 3.8) is 0 Å². The van der Waals surface area contributed by atoms with Gasteiger partial charge in [0.05, 0.1) is 10.7 Å². The minimum atomic E-state index is -0.160. The summed E-state index contributed by atoms with van der Waals surface area (Å²) < 4.78 is 1.72. The van der Waals surface area contributed by atoms with Gasteiger partial charge in [-0.25, -0.2) is 4.98 Å². The van der Waals surface area contributed by atoms with Crippen LogP contribution in [-0.4, -0.2) is 9.55 Å². The highest BCUT2D eigenvalue weighted by molar-refractivity contribution is 6.33. The van der Waals surface area contributed by atoms with Crippen LogP contribution in [0.4, 0.5) is 11.5 Å². The van der Waals surface area contributed by atoms with Gasteiger partial charge in [0.1, 0.15) is 5.15 Å². The average molecular weight is 352 g/mol. The van der Waals surface area contributed by atoms with E-state index in [1.54, 1.807) is 16.8 Å². The fourth-order valence-electron chi connectivity index (χ4n) is 2.95. The second kappa shape index (κ2) is 6.54. The molecule has 1 aliphatic rings. The van der Waals surface area contributed by atoms with Gasteiger partial charge in [-0.2, -0.15) is 0 Å². The molecule has 1 fully saturated rings. The number of nitrogens with one attached hydrogen (secondary N) is 1. The minimum absolute atomic E-state index is 0.160. The van der Waals surface area contributed by atoms with Gasteiger partial charge in [0.25, 0.3) is 5.56 Å². The highest BCUT2D eigenvalue weighted by Crippen LogP contribution is 2.41. The van der Waals surface area contributed by atoms with Crippen LogP contribution in [0.1, 0.15) is 37.8 Å². The third-order valence-corrected chi connectivity index (χ3v) is 4.81. The molecule has 0 bridgehead atoms. The first kappa shape index (κ1) is 16.3. The number of para-hydroxylation sites is 1. The molecule has 1 saturated carbocycles. The summed E-state index contributed by atoms with van der Waals surface area (Å²) in [6.45, 7) is 4.02. The van der Waals surface area contributed by atoms with Crippen molar-refractivity contribution in [3.8, 4) is 0 Å². The summed E-state index contributed by atoms with van der Waals surface area (Å²) in [5.41, 5.74) is 1.47. The largest absolute Gasteiger partial charge is 0.334 e. The van der Waals surface area contributed by atoms with E-state index in [0.717, 1.165) is 24.8 Å². The Morgan fingerprint density at radius 2 is 2.13 bits per heavy atom. The molecule has 0 spiro atoms. The molecule has 0 amide bonds. The Hall–Kier alpha value is -1.52. The summed E-state index contributed by atoms with van der Waals surface area (Å²) >= 11 is 12.4.